The van der Waals surface area contributed by atoms with Crippen molar-refractivity contribution in [3.05, 3.63) is 60.7 Å². The fourth-order valence-corrected chi connectivity index (χ4v) is 5.83. The summed E-state index contributed by atoms with van der Waals surface area (Å²) < 4.78 is 37.0. The summed E-state index contributed by atoms with van der Waals surface area (Å²) in [5.74, 6) is 2.31. The standard InChI is InChI=1S/C28H32N4O5S/c1-4-38(34,35)22-10-12-25(37-21-8-6-5-7-9-21)23(18-22)29-26-13-11-24-27(30-26)32(19(2)28(33)31(24)3)20-14-16-36-17-15-20/h5-13,18-20H,4,14-17H2,1-3H3,(H,29,30)/t19-/m1/s1. The number of sulfone groups is 1. The van der Waals surface area contributed by atoms with Crippen molar-refractivity contribution < 1.29 is 22.7 Å². The van der Waals surface area contributed by atoms with Crippen LogP contribution in [-0.2, 0) is 19.4 Å². The maximum atomic E-state index is 13.0. The maximum absolute atomic E-state index is 13.0. The summed E-state index contributed by atoms with van der Waals surface area (Å²) in [6.07, 6.45) is 1.62. The Kier molecular flexibility index (Phi) is 7.27. The van der Waals surface area contributed by atoms with E-state index in [0.29, 0.717) is 42.0 Å². The van der Waals surface area contributed by atoms with Crippen LogP contribution in [0.25, 0.3) is 0 Å². The van der Waals surface area contributed by atoms with Crippen LogP contribution >= 0.6 is 0 Å². The summed E-state index contributed by atoms with van der Waals surface area (Å²) in [5.41, 5.74) is 1.20. The lowest BCUT2D eigenvalue weighted by Crippen LogP contribution is -2.56. The Morgan fingerprint density at radius 2 is 1.82 bits per heavy atom. The number of hydrogen-bond donors (Lipinski definition) is 1. The minimum Gasteiger partial charge on any atom is -0.455 e. The second kappa shape index (κ2) is 10.6. The van der Waals surface area contributed by atoms with E-state index in [2.05, 4.69) is 10.2 Å². The molecule has 0 radical (unpaired) electrons. The van der Waals surface area contributed by atoms with Gasteiger partial charge in [-0.05, 0) is 62.2 Å². The number of hydrogen-bond acceptors (Lipinski definition) is 8. The molecule has 1 fully saturated rings. The summed E-state index contributed by atoms with van der Waals surface area (Å²) in [5, 5.41) is 3.29. The Hall–Kier alpha value is -3.63. The predicted molar refractivity (Wildman–Crippen MR) is 147 cm³/mol. The highest BCUT2D eigenvalue weighted by Crippen LogP contribution is 2.40. The number of likely N-dealkylation sites (N-methyl/N-ethyl adjacent to an activating group) is 1. The molecule has 200 valence electrons. The molecule has 1 N–H and O–H groups in total. The molecule has 5 rings (SSSR count). The summed E-state index contributed by atoms with van der Waals surface area (Å²) >= 11 is 0. The number of fused-ring (bicyclic) bond motifs is 1. The fourth-order valence-electron chi connectivity index (χ4n) is 4.93. The zero-order chi connectivity index (χ0) is 26.9. The lowest BCUT2D eigenvalue weighted by Gasteiger charge is -2.44. The zero-order valence-corrected chi connectivity index (χ0v) is 22.6. The summed E-state index contributed by atoms with van der Waals surface area (Å²) in [7, 11) is -1.68. The Bertz CT molecular complexity index is 1420. The fraction of sp³-hybridized carbons (Fsp3) is 0.357. The molecule has 2 aliphatic heterocycles. The van der Waals surface area contributed by atoms with Crippen LogP contribution in [0.5, 0.6) is 11.5 Å². The lowest BCUT2D eigenvalue weighted by molar-refractivity contribution is -0.119. The van der Waals surface area contributed by atoms with Gasteiger partial charge in [0.2, 0.25) is 5.91 Å². The normalized spacial score (nSPS) is 18.3. The van der Waals surface area contributed by atoms with E-state index in [1.54, 1.807) is 43.1 Å². The molecule has 3 aromatic rings. The van der Waals surface area contributed by atoms with Crippen molar-refractivity contribution in [3.8, 4) is 11.5 Å². The molecular weight excluding hydrogens is 504 g/mol. The van der Waals surface area contributed by atoms with Crippen molar-refractivity contribution in [3.63, 3.8) is 0 Å². The van der Waals surface area contributed by atoms with Gasteiger partial charge in [-0.15, -0.1) is 0 Å². The third-order valence-corrected chi connectivity index (χ3v) is 8.81. The minimum atomic E-state index is -3.44. The Morgan fingerprint density at radius 1 is 1.08 bits per heavy atom. The van der Waals surface area contributed by atoms with E-state index in [0.717, 1.165) is 18.5 Å². The van der Waals surface area contributed by atoms with Gasteiger partial charge in [0.1, 0.15) is 17.6 Å². The van der Waals surface area contributed by atoms with Crippen LogP contribution in [0.2, 0.25) is 0 Å². The van der Waals surface area contributed by atoms with E-state index in [4.69, 9.17) is 14.5 Å². The van der Waals surface area contributed by atoms with Crippen molar-refractivity contribution in [2.24, 2.45) is 0 Å². The Morgan fingerprint density at radius 3 is 2.53 bits per heavy atom. The minimum absolute atomic E-state index is 0.0132. The Labute approximate surface area is 223 Å². The first-order chi connectivity index (χ1) is 18.3. The van der Waals surface area contributed by atoms with Crippen molar-refractivity contribution in [1.82, 2.24) is 4.98 Å². The maximum Gasteiger partial charge on any atom is 0.249 e. The second-order valence-corrected chi connectivity index (χ2v) is 11.7. The molecule has 1 aromatic heterocycles. The van der Waals surface area contributed by atoms with Gasteiger partial charge in [-0.1, -0.05) is 25.1 Å². The van der Waals surface area contributed by atoms with E-state index in [1.165, 1.54) is 0 Å². The van der Waals surface area contributed by atoms with Gasteiger partial charge in [0, 0.05) is 26.3 Å². The molecule has 2 aromatic carbocycles. The topological polar surface area (TPSA) is 101 Å². The number of pyridine rings is 1. The van der Waals surface area contributed by atoms with Gasteiger partial charge in [0.15, 0.2) is 21.4 Å². The van der Waals surface area contributed by atoms with E-state index >= 15 is 0 Å². The van der Waals surface area contributed by atoms with Gasteiger partial charge in [0.05, 0.1) is 22.0 Å². The van der Waals surface area contributed by atoms with E-state index < -0.39 is 9.84 Å². The number of nitrogens with one attached hydrogen (secondary N) is 1. The van der Waals surface area contributed by atoms with Crippen LogP contribution in [0, 0.1) is 0 Å². The third kappa shape index (κ3) is 5.06. The largest absolute Gasteiger partial charge is 0.455 e. The van der Waals surface area contributed by atoms with Crippen LogP contribution in [-0.4, -0.2) is 57.4 Å². The molecular formula is C28H32N4O5S. The first kappa shape index (κ1) is 26.0. The molecule has 2 aliphatic rings. The van der Waals surface area contributed by atoms with Gasteiger partial charge in [0.25, 0.3) is 0 Å². The molecule has 1 saturated heterocycles. The molecule has 0 spiro atoms. The average Bonchev–Trinajstić information content (AvgIpc) is 2.94. The smallest absolute Gasteiger partial charge is 0.249 e. The van der Waals surface area contributed by atoms with Crippen LogP contribution < -0.4 is 19.9 Å². The first-order valence-electron chi connectivity index (χ1n) is 12.8. The number of benzene rings is 2. The number of amides is 1. The number of carbonyl (C=O) groups excluding carboxylic acids is 1. The second-order valence-electron chi connectivity index (χ2n) is 9.46. The number of para-hydroxylation sites is 1. The number of aromatic nitrogens is 1. The summed E-state index contributed by atoms with van der Waals surface area (Å²) in [6.45, 7) is 4.81. The Balaban J connectivity index is 1.55. The van der Waals surface area contributed by atoms with Gasteiger partial charge in [-0.2, -0.15) is 0 Å². The van der Waals surface area contributed by atoms with Crippen LogP contribution in [0.1, 0.15) is 26.7 Å². The monoisotopic (exact) mass is 536 g/mol. The molecule has 3 heterocycles. The van der Waals surface area contributed by atoms with Crippen molar-refractivity contribution in [1.29, 1.82) is 0 Å². The SMILES string of the molecule is CCS(=O)(=O)c1ccc(Oc2ccccc2)c(Nc2ccc3c(n2)N(C2CCOCC2)[C@H](C)C(=O)N3C)c1. The number of anilines is 4. The first-order valence-corrected chi connectivity index (χ1v) is 14.4. The van der Waals surface area contributed by atoms with Gasteiger partial charge in [-0.25, -0.2) is 13.4 Å². The molecule has 1 amide bonds. The predicted octanol–water partition coefficient (Wildman–Crippen LogP) is 4.76. The number of carbonyl (C=O) groups is 1. The molecule has 1 atom stereocenters. The highest BCUT2D eigenvalue weighted by Gasteiger charge is 2.39. The quantitative estimate of drug-likeness (QED) is 0.461. The average molecular weight is 537 g/mol. The van der Waals surface area contributed by atoms with Gasteiger partial charge in [-0.3, -0.25) is 4.79 Å². The highest BCUT2D eigenvalue weighted by molar-refractivity contribution is 7.91. The van der Waals surface area contributed by atoms with Crippen LogP contribution in [0.4, 0.5) is 23.0 Å². The number of ether oxygens (including phenoxy) is 2. The van der Waals surface area contributed by atoms with E-state index in [-0.39, 0.29) is 28.6 Å². The van der Waals surface area contributed by atoms with Crippen molar-refractivity contribution in [2.45, 2.75) is 43.7 Å². The molecule has 38 heavy (non-hydrogen) atoms. The number of nitrogens with zero attached hydrogens (tertiary/aromatic N) is 3. The third-order valence-electron chi connectivity index (χ3n) is 7.07. The van der Waals surface area contributed by atoms with Crippen molar-refractivity contribution in [2.75, 3.05) is 41.1 Å². The zero-order valence-electron chi connectivity index (χ0n) is 21.8. The lowest BCUT2D eigenvalue weighted by atomic mass is 10.0. The summed E-state index contributed by atoms with van der Waals surface area (Å²) in [6, 6.07) is 17.5. The molecule has 0 saturated carbocycles. The van der Waals surface area contributed by atoms with E-state index in [1.807, 2.05) is 43.3 Å². The number of rotatable bonds is 7. The van der Waals surface area contributed by atoms with E-state index in [9.17, 15) is 13.2 Å². The van der Waals surface area contributed by atoms with Crippen LogP contribution in [0.15, 0.2) is 65.6 Å². The summed E-state index contributed by atoms with van der Waals surface area (Å²) in [4.78, 5) is 21.9. The molecule has 0 bridgehead atoms. The molecule has 0 unspecified atom stereocenters. The molecule has 0 aliphatic carbocycles. The highest BCUT2D eigenvalue weighted by atomic mass is 32.2. The van der Waals surface area contributed by atoms with Gasteiger partial charge < -0.3 is 24.6 Å². The van der Waals surface area contributed by atoms with Crippen LogP contribution in [0.3, 0.4) is 0 Å². The van der Waals surface area contributed by atoms with Crippen molar-refractivity contribution >= 4 is 38.8 Å². The molecule has 9 nitrogen and oxygen atoms in total. The molecule has 10 heteroatoms. The van der Waals surface area contributed by atoms with Gasteiger partial charge >= 0.3 is 0 Å².